The van der Waals surface area contributed by atoms with Gasteiger partial charge in [0.2, 0.25) is 0 Å². The lowest BCUT2D eigenvalue weighted by atomic mass is 9.88. The molecule has 4 rings (SSSR count). The standard InChI is InChI=1S/C23H22F4N2O/c1-2-14-3-4-15-12-28-8-7-19(15)20(14)13-29-16-9-18(10-16)30-17-5-6-22(24)21(11-17)23(25,26)27/h3-8,11-12,16,18,29H,2,9-10,13H2,1H3. The molecule has 30 heavy (non-hydrogen) atoms. The number of nitrogens with one attached hydrogen (secondary N) is 1. The Morgan fingerprint density at radius 2 is 1.93 bits per heavy atom. The van der Waals surface area contributed by atoms with Gasteiger partial charge < -0.3 is 10.1 Å². The van der Waals surface area contributed by atoms with Gasteiger partial charge in [-0.2, -0.15) is 13.2 Å². The summed E-state index contributed by atoms with van der Waals surface area (Å²) in [5.74, 6) is -1.25. The lowest BCUT2D eigenvalue weighted by Gasteiger charge is -2.36. The molecule has 0 aliphatic heterocycles. The van der Waals surface area contributed by atoms with Crippen LogP contribution in [-0.4, -0.2) is 17.1 Å². The molecule has 0 atom stereocenters. The van der Waals surface area contributed by atoms with Crippen molar-refractivity contribution in [2.75, 3.05) is 0 Å². The molecule has 2 aromatic carbocycles. The second-order valence-corrected chi connectivity index (χ2v) is 7.58. The molecule has 7 heteroatoms. The fraction of sp³-hybridized carbons (Fsp3) is 0.348. The van der Waals surface area contributed by atoms with Crippen LogP contribution in [0.2, 0.25) is 0 Å². The molecule has 158 valence electrons. The van der Waals surface area contributed by atoms with Crippen LogP contribution in [0.1, 0.15) is 36.5 Å². The zero-order valence-corrected chi connectivity index (χ0v) is 16.5. The number of fused-ring (bicyclic) bond motifs is 1. The molecule has 0 unspecified atom stereocenters. The lowest BCUT2D eigenvalue weighted by Crippen LogP contribution is -2.46. The Balaban J connectivity index is 1.36. The Morgan fingerprint density at radius 1 is 1.13 bits per heavy atom. The Labute approximate surface area is 172 Å². The van der Waals surface area contributed by atoms with Crippen LogP contribution in [0.25, 0.3) is 10.8 Å². The number of halogens is 4. The molecular weight excluding hydrogens is 396 g/mol. The summed E-state index contributed by atoms with van der Waals surface area (Å²) >= 11 is 0. The van der Waals surface area contributed by atoms with Crippen molar-refractivity contribution < 1.29 is 22.3 Å². The van der Waals surface area contributed by atoms with Crippen LogP contribution in [0, 0.1) is 5.82 Å². The molecule has 3 nitrogen and oxygen atoms in total. The summed E-state index contributed by atoms with van der Waals surface area (Å²) in [6, 6.07) is 9.21. The van der Waals surface area contributed by atoms with E-state index in [1.54, 1.807) is 6.20 Å². The zero-order valence-electron chi connectivity index (χ0n) is 16.5. The number of nitrogens with zero attached hydrogens (tertiary/aromatic N) is 1. The monoisotopic (exact) mass is 418 g/mol. The fourth-order valence-corrected chi connectivity index (χ4v) is 3.88. The third kappa shape index (κ3) is 4.26. The Hall–Kier alpha value is -2.67. The highest BCUT2D eigenvalue weighted by Crippen LogP contribution is 2.35. The molecule has 0 saturated heterocycles. The van der Waals surface area contributed by atoms with Gasteiger partial charge in [-0.3, -0.25) is 4.98 Å². The van der Waals surface area contributed by atoms with Gasteiger partial charge in [-0.1, -0.05) is 19.1 Å². The average molecular weight is 418 g/mol. The molecule has 1 fully saturated rings. The molecule has 1 saturated carbocycles. The van der Waals surface area contributed by atoms with Gasteiger partial charge in [-0.05, 0) is 60.0 Å². The van der Waals surface area contributed by atoms with Gasteiger partial charge in [0.25, 0.3) is 0 Å². The first-order valence-corrected chi connectivity index (χ1v) is 9.96. The van der Waals surface area contributed by atoms with Crippen LogP contribution in [-0.2, 0) is 19.1 Å². The van der Waals surface area contributed by atoms with E-state index in [9.17, 15) is 17.6 Å². The van der Waals surface area contributed by atoms with Gasteiger partial charge in [-0.15, -0.1) is 0 Å². The molecule has 0 radical (unpaired) electrons. The summed E-state index contributed by atoms with van der Waals surface area (Å²) in [6.45, 7) is 2.83. The van der Waals surface area contributed by atoms with Crippen LogP contribution in [0.5, 0.6) is 5.75 Å². The van der Waals surface area contributed by atoms with Gasteiger partial charge >= 0.3 is 6.18 Å². The van der Waals surface area contributed by atoms with Crippen molar-refractivity contribution in [1.29, 1.82) is 0 Å². The molecule has 1 heterocycles. The van der Waals surface area contributed by atoms with E-state index in [2.05, 4.69) is 29.4 Å². The van der Waals surface area contributed by atoms with Crippen molar-refractivity contribution in [2.45, 2.75) is 51.1 Å². The largest absolute Gasteiger partial charge is 0.490 e. The summed E-state index contributed by atoms with van der Waals surface area (Å²) < 4.78 is 57.6. The minimum Gasteiger partial charge on any atom is -0.490 e. The molecule has 1 aliphatic rings. The topological polar surface area (TPSA) is 34.2 Å². The zero-order chi connectivity index (χ0) is 21.3. The van der Waals surface area contributed by atoms with E-state index in [0.29, 0.717) is 19.4 Å². The Morgan fingerprint density at radius 3 is 2.67 bits per heavy atom. The number of pyridine rings is 1. The molecule has 1 aromatic heterocycles. The van der Waals surface area contributed by atoms with Crippen molar-refractivity contribution in [2.24, 2.45) is 0 Å². The summed E-state index contributed by atoms with van der Waals surface area (Å²) in [7, 11) is 0. The van der Waals surface area contributed by atoms with Crippen molar-refractivity contribution in [3.8, 4) is 5.75 Å². The molecular formula is C23H22F4N2O. The Bertz CT molecular complexity index is 1050. The van der Waals surface area contributed by atoms with Crippen LogP contribution in [0.3, 0.4) is 0 Å². The molecule has 0 amide bonds. The number of rotatable bonds is 6. The van der Waals surface area contributed by atoms with E-state index in [0.717, 1.165) is 23.9 Å². The SMILES string of the molecule is CCc1ccc2cnccc2c1CNC1CC(Oc2ccc(F)c(C(F)(F)F)c2)C1. The van der Waals surface area contributed by atoms with E-state index in [1.807, 2.05) is 12.3 Å². The van der Waals surface area contributed by atoms with Crippen LogP contribution < -0.4 is 10.1 Å². The van der Waals surface area contributed by atoms with E-state index >= 15 is 0 Å². The van der Waals surface area contributed by atoms with Gasteiger partial charge in [-0.25, -0.2) is 4.39 Å². The highest BCUT2D eigenvalue weighted by atomic mass is 19.4. The van der Waals surface area contributed by atoms with E-state index in [-0.39, 0.29) is 17.9 Å². The number of benzene rings is 2. The minimum absolute atomic E-state index is 0.0435. The Kier molecular flexibility index (Phi) is 5.64. The first-order chi connectivity index (χ1) is 14.3. The number of aryl methyl sites for hydroxylation is 1. The molecule has 1 aliphatic carbocycles. The van der Waals surface area contributed by atoms with Crippen LogP contribution >= 0.6 is 0 Å². The summed E-state index contributed by atoms with van der Waals surface area (Å²) in [5.41, 5.74) is 1.22. The normalized spacial score (nSPS) is 19.0. The lowest BCUT2D eigenvalue weighted by molar-refractivity contribution is -0.140. The van der Waals surface area contributed by atoms with Gasteiger partial charge in [0, 0.05) is 30.4 Å². The smallest absolute Gasteiger partial charge is 0.419 e. The number of hydrogen-bond donors (Lipinski definition) is 1. The van der Waals surface area contributed by atoms with Crippen molar-refractivity contribution in [3.05, 3.63) is 71.3 Å². The first-order valence-electron chi connectivity index (χ1n) is 9.96. The van der Waals surface area contributed by atoms with Crippen LogP contribution in [0.4, 0.5) is 17.6 Å². The van der Waals surface area contributed by atoms with E-state index < -0.39 is 17.6 Å². The summed E-state index contributed by atoms with van der Waals surface area (Å²) in [6.07, 6.45) is 1.02. The first kappa shape index (κ1) is 20.6. The molecule has 0 bridgehead atoms. The van der Waals surface area contributed by atoms with E-state index in [1.165, 1.54) is 22.6 Å². The number of hydrogen-bond acceptors (Lipinski definition) is 3. The van der Waals surface area contributed by atoms with Crippen molar-refractivity contribution in [1.82, 2.24) is 10.3 Å². The van der Waals surface area contributed by atoms with Gasteiger partial charge in [0.1, 0.15) is 17.7 Å². The fourth-order valence-electron chi connectivity index (χ4n) is 3.88. The summed E-state index contributed by atoms with van der Waals surface area (Å²) in [4.78, 5) is 4.18. The van der Waals surface area contributed by atoms with Gasteiger partial charge in [0.05, 0.1) is 5.56 Å². The van der Waals surface area contributed by atoms with Crippen molar-refractivity contribution in [3.63, 3.8) is 0 Å². The molecule has 3 aromatic rings. The second kappa shape index (κ2) is 8.22. The van der Waals surface area contributed by atoms with Gasteiger partial charge in [0.15, 0.2) is 0 Å². The minimum atomic E-state index is -4.74. The van der Waals surface area contributed by atoms with Crippen molar-refractivity contribution >= 4 is 10.8 Å². The summed E-state index contributed by atoms with van der Waals surface area (Å²) in [5, 5.41) is 5.79. The van der Waals surface area contributed by atoms with E-state index in [4.69, 9.17) is 4.74 Å². The number of ether oxygens (including phenoxy) is 1. The third-order valence-corrected chi connectivity index (χ3v) is 5.62. The predicted molar refractivity (Wildman–Crippen MR) is 107 cm³/mol. The number of alkyl halides is 3. The third-order valence-electron chi connectivity index (χ3n) is 5.62. The quantitative estimate of drug-likeness (QED) is 0.525. The highest BCUT2D eigenvalue weighted by molar-refractivity contribution is 5.85. The maximum atomic E-state index is 13.4. The highest BCUT2D eigenvalue weighted by Gasteiger charge is 2.35. The van der Waals surface area contributed by atoms with Crippen LogP contribution in [0.15, 0.2) is 48.8 Å². The average Bonchev–Trinajstić information content (AvgIpc) is 2.69. The number of aromatic nitrogens is 1. The second-order valence-electron chi connectivity index (χ2n) is 7.58. The maximum Gasteiger partial charge on any atom is 0.419 e. The predicted octanol–water partition coefficient (Wildman–Crippen LogP) is 5.65. The molecule has 1 N–H and O–H groups in total. The molecule has 0 spiro atoms. The maximum absolute atomic E-state index is 13.4.